The van der Waals surface area contributed by atoms with Crippen LogP contribution < -0.4 is 10.6 Å². The number of carbonyl (C=O) groups is 1. The van der Waals surface area contributed by atoms with Gasteiger partial charge < -0.3 is 14.9 Å². The molecule has 0 aliphatic carbocycles. The maximum atomic E-state index is 8.36. The van der Waals surface area contributed by atoms with Gasteiger partial charge in [-0.3, -0.25) is 15.4 Å². The zero-order chi connectivity index (χ0) is 14.9. The van der Waals surface area contributed by atoms with Gasteiger partial charge in [0.25, 0.3) is 6.47 Å². The second-order valence-corrected chi connectivity index (χ2v) is 5.48. The molecule has 0 spiro atoms. The summed E-state index contributed by atoms with van der Waals surface area (Å²) >= 11 is 0. The molecule has 2 unspecified atom stereocenters. The van der Waals surface area contributed by atoms with Crippen molar-refractivity contribution < 1.29 is 9.90 Å². The average molecular weight is 294 g/mol. The van der Waals surface area contributed by atoms with E-state index in [1.165, 1.54) is 38.8 Å². The van der Waals surface area contributed by atoms with Gasteiger partial charge in [0, 0.05) is 26.2 Å². The third-order valence-corrected chi connectivity index (χ3v) is 4.12. The zero-order valence-electron chi connectivity index (χ0n) is 12.4. The van der Waals surface area contributed by atoms with Crippen LogP contribution in [-0.2, 0) is 4.79 Å². The Morgan fingerprint density at radius 3 is 1.76 bits per heavy atom. The van der Waals surface area contributed by atoms with Crippen LogP contribution >= 0.6 is 0 Å². The Hall–Kier alpha value is -1.53. The van der Waals surface area contributed by atoms with Crippen molar-refractivity contribution >= 4 is 6.47 Å². The summed E-state index contributed by atoms with van der Waals surface area (Å²) in [5.41, 5.74) is 0. The van der Waals surface area contributed by atoms with Gasteiger partial charge in [-0.25, -0.2) is 0 Å². The molecule has 0 aromatic heterocycles. The molecule has 21 heavy (non-hydrogen) atoms. The van der Waals surface area contributed by atoms with Gasteiger partial charge in [0.1, 0.15) is 0 Å². The molecule has 4 aliphatic rings. The molecule has 0 bridgehead atoms. The lowest BCUT2D eigenvalue weighted by atomic mass is 10.3. The minimum absolute atomic E-state index is 0.250. The van der Waals surface area contributed by atoms with E-state index in [1.54, 1.807) is 0 Å². The second kappa shape index (κ2) is 8.69. The predicted molar refractivity (Wildman–Crippen MR) is 82.4 cm³/mol. The molecule has 0 aromatic carbocycles. The van der Waals surface area contributed by atoms with Gasteiger partial charge in [0.2, 0.25) is 0 Å². The Bertz CT molecular complexity index is 341. The molecule has 118 valence electrons. The quantitative estimate of drug-likeness (QED) is 0.573. The Morgan fingerprint density at radius 2 is 1.38 bits per heavy atom. The zero-order valence-corrected chi connectivity index (χ0v) is 12.4. The van der Waals surface area contributed by atoms with Crippen LogP contribution in [0.25, 0.3) is 0 Å². The van der Waals surface area contributed by atoms with Crippen LogP contribution in [0.15, 0.2) is 24.6 Å². The standard InChI is InChI=1S/2C7H12N2.CH2O2/c2*1-3-7-8-4-2-6-9(7)5-1;2-1-3/h2*2,6-8H,1,3-5H2;1H,(H,2,3). The van der Waals surface area contributed by atoms with Crippen LogP contribution in [0.1, 0.15) is 25.7 Å². The fourth-order valence-corrected chi connectivity index (χ4v) is 3.16. The highest BCUT2D eigenvalue weighted by atomic mass is 16.3. The lowest BCUT2D eigenvalue weighted by molar-refractivity contribution is -0.122. The molecule has 0 saturated carbocycles. The van der Waals surface area contributed by atoms with Crippen LogP contribution in [0.4, 0.5) is 0 Å². The molecule has 0 radical (unpaired) electrons. The summed E-state index contributed by atoms with van der Waals surface area (Å²) in [7, 11) is 0. The Labute approximate surface area is 126 Å². The molecule has 4 aliphatic heterocycles. The van der Waals surface area contributed by atoms with E-state index < -0.39 is 0 Å². The SMILES string of the molecule is C1=CN2CCCC2NC1.C1=CN2CCCC2NC1.O=CO. The molecule has 0 aromatic rings. The molecular formula is C15H26N4O2. The highest BCUT2D eigenvalue weighted by molar-refractivity contribution is 5.32. The van der Waals surface area contributed by atoms with E-state index in [0.717, 1.165) is 13.1 Å². The number of hydrogen-bond donors (Lipinski definition) is 3. The third-order valence-electron chi connectivity index (χ3n) is 4.12. The van der Waals surface area contributed by atoms with Gasteiger partial charge in [-0.15, -0.1) is 0 Å². The van der Waals surface area contributed by atoms with Gasteiger partial charge in [0.15, 0.2) is 0 Å². The molecule has 3 N–H and O–H groups in total. The van der Waals surface area contributed by atoms with Crippen molar-refractivity contribution in [3.05, 3.63) is 24.6 Å². The van der Waals surface area contributed by atoms with Crippen molar-refractivity contribution in [1.29, 1.82) is 0 Å². The fraction of sp³-hybridized carbons (Fsp3) is 0.667. The first-order chi connectivity index (χ1) is 10.3. The van der Waals surface area contributed by atoms with Gasteiger partial charge in [-0.1, -0.05) is 12.2 Å². The van der Waals surface area contributed by atoms with Gasteiger partial charge in [-0.05, 0) is 38.1 Å². The maximum absolute atomic E-state index is 8.36. The molecule has 2 fully saturated rings. The topological polar surface area (TPSA) is 67.8 Å². The minimum Gasteiger partial charge on any atom is -0.483 e. The first-order valence-corrected chi connectivity index (χ1v) is 7.74. The van der Waals surface area contributed by atoms with E-state index in [2.05, 4.69) is 45.0 Å². The highest BCUT2D eigenvalue weighted by Gasteiger charge is 2.22. The summed E-state index contributed by atoms with van der Waals surface area (Å²) in [6.45, 7) is 4.35. The van der Waals surface area contributed by atoms with E-state index in [9.17, 15) is 0 Å². The van der Waals surface area contributed by atoms with Crippen LogP contribution in [0, 0.1) is 0 Å². The summed E-state index contributed by atoms with van der Waals surface area (Å²) in [5, 5.41) is 13.7. The van der Waals surface area contributed by atoms with Crippen LogP contribution in [0.3, 0.4) is 0 Å². The van der Waals surface area contributed by atoms with Gasteiger partial charge >= 0.3 is 0 Å². The van der Waals surface area contributed by atoms with Crippen LogP contribution in [0.2, 0.25) is 0 Å². The molecule has 6 heteroatoms. The van der Waals surface area contributed by atoms with Gasteiger partial charge in [-0.2, -0.15) is 0 Å². The minimum atomic E-state index is -0.250. The number of fused-ring (bicyclic) bond motifs is 2. The first-order valence-electron chi connectivity index (χ1n) is 7.74. The van der Waals surface area contributed by atoms with Crippen molar-refractivity contribution in [2.45, 2.75) is 38.0 Å². The third kappa shape index (κ3) is 4.75. The van der Waals surface area contributed by atoms with Crippen LogP contribution in [0.5, 0.6) is 0 Å². The second-order valence-electron chi connectivity index (χ2n) is 5.48. The first kappa shape index (κ1) is 15.9. The van der Waals surface area contributed by atoms with Crippen molar-refractivity contribution in [1.82, 2.24) is 20.4 Å². The molecule has 4 heterocycles. The smallest absolute Gasteiger partial charge is 0.290 e. The van der Waals surface area contributed by atoms with Crippen LogP contribution in [-0.4, -0.2) is 59.9 Å². The van der Waals surface area contributed by atoms with Gasteiger partial charge in [0.05, 0.1) is 12.3 Å². The van der Waals surface area contributed by atoms with E-state index in [4.69, 9.17) is 9.90 Å². The Balaban J connectivity index is 0.000000130. The summed E-state index contributed by atoms with van der Waals surface area (Å²) in [4.78, 5) is 13.1. The number of rotatable bonds is 0. The van der Waals surface area contributed by atoms with Crippen molar-refractivity contribution in [2.24, 2.45) is 0 Å². The molecule has 2 atom stereocenters. The lowest BCUT2D eigenvalue weighted by Gasteiger charge is -2.26. The van der Waals surface area contributed by atoms with E-state index >= 15 is 0 Å². The predicted octanol–water partition coefficient (Wildman–Crippen LogP) is 0.751. The van der Waals surface area contributed by atoms with Crippen molar-refractivity contribution in [3.8, 4) is 0 Å². The lowest BCUT2D eigenvalue weighted by Crippen LogP contribution is -2.41. The monoisotopic (exact) mass is 294 g/mol. The normalized spacial score (nSPS) is 28.8. The molecule has 0 amide bonds. The van der Waals surface area contributed by atoms with E-state index in [1.807, 2.05) is 0 Å². The molecule has 2 saturated heterocycles. The highest BCUT2D eigenvalue weighted by Crippen LogP contribution is 2.17. The number of nitrogens with zero attached hydrogens (tertiary/aromatic N) is 2. The maximum Gasteiger partial charge on any atom is 0.290 e. The summed E-state index contributed by atoms with van der Waals surface area (Å²) in [5.74, 6) is 0. The molecule has 4 rings (SSSR count). The van der Waals surface area contributed by atoms with Crippen molar-refractivity contribution in [2.75, 3.05) is 26.2 Å². The van der Waals surface area contributed by atoms with E-state index in [-0.39, 0.29) is 6.47 Å². The summed E-state index contributed by atoms with van der Waals surface area (Å²) < 4.78 is 0. The average Bonchev–Trinajstić information content (AvgIpc) is 3.17. The van der Waals surface area contributed by atoms with E-state index in [0.29, 0.717) is 12.3 Å². The molecular weight excluding hydrogens is 268 g/mol. The number of nitrogens with one attached hydrogen (secondary N) is 2. The molecule has 6 nitrogen and oxygen atoms in total. The summed E-state index contributed by atoms with van der Waals surface area (Å²) in [6.07, 6.45) is 15.5. The number of carboxylic acid groups (broad SMARTS) is 1. The Morgan fingerprint density at radius 1 is 0.952 bits per heavy atom. The number of hydrogen-bond acceptors (Lipinski definition) is 5. The Kier molecular flexibility index (Phi) is 6.56. The largest absolute Gasteiger partial charge is 0.483 e. The fourth-order valence-electron chi connectivity index (χ4n) is 3.16. The van der Waals surface area contributed by atoms with Crippen molar-refractivity contribution in [3.63, 3.8) is 0 Å². The summed E-state index contributed by atoms with van der Waals surface area (Å²) in [6, 6.07) is 0.